The van der Waals surface area contributed by atoms with Crippen LogP contribution in [0.25, 0.3) is 0 Å². The van der Waals surface area contributed by atoms with Crippen LogP contribution in [0, 0.1) is 6.92 Å². The second kappa shape index (κ2) is 6.82. The molecule has 0 radical (unpaired) electrons. The second-order valence-electron chi connectivity index (χ2n) is 5.71. The lowest BCUT2D eigenvalue weighted by Crippen LogP contribution is -2.34. The van der Waals surface area contributed by atoms with Gasteiger partial charge < -0.3 is 18.9 Å². The summed E-state index contributed by atoms with van der Waals surface area (Å²) < 4.78 is 15.7. The number of nitrogens with zero attached hydrogens (tertiary/aromatic N) is 2. The number of aryl methyl sites for hydroxylation is 1. The summed E-state index contributed by atoms with van der Waals surface area (Å²) in [5, 5.41) is 6.59. The average Bonchev–Trinajstić information content (AvgIpc) is 3.23. The number of ether oxygens (including phenoxy) is 2. The molecule has 2 heterocycles. The molecule has 1 aromatic heterocycles. The summed E-state index contributed by atoms with van der Waals surface area (Å²) >= 11 is 0. The van der Waals surface area contributed by atoms with E-state index in [0.29, 0.717) is 18.1 Å². The fraction of sp³-hybridized carbons (Fsp3) is 0.412. The Morgan fingerprint density at radius 1 is 1.33 bits per heavy atom. The molecule has 1 atom stereocenters. The minimum Gasteiger partial charge on any atom is -0.497 e. The van der Waals surface area contributed by atoms with E-state index in [1.54, 1.807) is 32.1 Å². The standard InChI is InChI=1S/C17H21N3O4/c1-11-9-16(19-24-11)18-17(21)20-8-4-5-14(20)13-7-6-12(22-2)10-15(13)23-3/h6-7,9-10,14H,4-5,8H2,1-3H3,(H,18,19,21). The topological polar surface area (TPSA) is 76.8 Å². The minimum atomic E-state index is -0.191. The van der Waals surface area contributed by atoms with Gasteiger partial charge in [0.15, 0.2) is 5.82 Å². The molecule has 0 aliphatic carbocycles. The third kappa shape index (κ3) is 3.15. The van der Waals surface area contributed by atoms with Crippen LogP contribution in [0.2, 0.25) is 0 Å². The van der Waals surface area contributed by atoms with E-state index >= 15 is 0 Å². The fourth-order valence-corrected chi connectivity index (χ4v) is 3.03. The van der Waals surface area contributed by atoms with Crippen LogP contribution >= 0.6 is 0 Å². The van der Waals surface area contributed by atoms with Crippen LogP contribution in [0.1, 0.15) is 30.2 Å². The van der Waals surface area contributed by atoms with Crippen LogP contribution in [0.3, 0.4) is 0 Å². The summed E-state index contributed by atoms with van der Waals surface area (Å²) in [6.07, 6.45) is 1.82. The first-order chi connectivity index (χ1) is 11.6. The highest BCUT2D eigenvalue weighted by Crippen LogP contribution is 2.38. The molecular formula is C17H21N3O4. The van der Waals surface area contributed by atoms with Crippen molar-refractivity contribution in [3.63, 3.8) is 0 Å². The van der Waals surface area contributed by atoms with E-state index in [2.05, 4.69) is 10.5 Å². The van der Waals surface area contributed by atoms with Crippen molar-refractivity contribution < 1.29 is 18.8 Å². The number of nitrogens with one attached hydrogen (secondary N) is 1. The first-order valence-electron chi connectivity index (χ1n) is 7.85. The van der Waals surface area contributed by atoms with Crippen molar-refractivity contribution >= 4 is 11.8 Å². The monoisotopic (exact) mass is 331 g/mol. The van der Waals surface area contributed by atoms with Crippen molar-refractivity contribution in [2.75, 3.05) is 26.1 Å². The lowest BCUT2D eigenvalue weighted by atomic mass is 10.0. The Morgan fingerprint density at radius 2 is 2.17 bits per heavy atom. The summed E-state index contributed by atoms with van der Waals surface area (Å²) in [7, 11) is 3.24. The molecule has 1 fully saturated rings. The Kier molecular flexibility index (Phi) is 4.59. The van der Waals surface area contributed by atoms with Crippen LogP contribution in [-0.4, -0.2) is 36.9 Å². The van der Waals surface area contributed by atoms with Gasteiger partial charge in [-0.2, -0.15) is 0 Å². The van der Waals surface area contributed by atoms with Gasteiger partial charge in [0.05, 0.1) is 20.3 Å². The third-order valence-corrected chi connectivity index (χ3v) is 4.18. The molecular weight excluding hydrogens is 310 g/mol. The van der Waals surface area contributed by atoms with E-state index in [-0.39, 0.29) is 12.1 Å². The van der Waals surface area contributed by atoms with Crippen molar-refractivity contribution in [3.05, 3.63) is 35.6 Å². The molecule has 0 saturated carbocycles. The van der Waals surface area contributed by atoms with Gasteiger partial charge in [-0.1, -0.05) is 5.16 Å². The predicted molar refractivity (Wildman–Crippen MR) is 88.5 cm³/mol. The number of urea groups is 1. The Morgan fingerprint density at radius 3 is 2.83 bits per heavy atom. The van der Waals surface area contributed by atoms with E-state index in [0.717, 1.165) is 29.9 Å². The molecule has 2 aromatic rings. The molecule has 128 valence electrons. The highest BCUT2D eigenvalue weighted by atomic mass is 16.5. The van der Waals surface area contributed by atoms with Gasteiger partial charge in [-0.15, -0.1) is 0 Å². The molecule has 1 aliphatic rings. The van der Waals surface area contributed by atoms with Gasteiger partial charge in [0.2, 0.25) is 0 Å². The number of anilines is 1. The number of benzene rings is 1. The maximum absolute atomic E-state index is 12.6. The van der Waals surface area contributed by atoms with Crippen molar-refractivity contribution in [1.29, 1.82) is 0 Å². The summed E-state index contributed by atoms with van der Waals surface area (Å²) in [5.41, 5.74) is 0.974. The van der Waals surface area contributed by atoms with Crippen molar-refractivity contribution in [1.82, 2.24) is 10.1 Å². The average molecular weight is 331 g/mol. The minimum absolute atomic E-state index is 0.0427. The molecule has 7 heteroatoms. The molecule has 1 N–H and O–H groups in total. The molecule has 24 heavy (non-hydrogen) atoms. The summed E-state index contributed by atoms with van der Waals surface area (Å²) in [4.78, 5) is 14.4. The van der Waals surface area contributed by atoms with Crippen LogP contribution in [-0.2, 0) is 0 Å². The number of rotatable bonds is 4. The summed E-state index contributed by atoms with van der Waals surface area (Å²) in [5.74, 6) is 2.52. The Balaban J connectivity index is 1.81. The third-order valence-electron chi connectivity index (χ3n) is 4.18. The SMILES string of the molecule is COc1ccc(C2CCCN2C(=O)Nc2cc(C)on2)c(OC)c1. The number of methoxy groups -OCH3 is 2. The van der Waals surface area contributed by atoms with Gasteiger partial charge in [0, 0.05) is 24.2 Å². The number of carbonyl (C=O) groups excluding carboxylic acids is 1. The first kappa shape index (κ1) is 16.2. The van der Waals surface area contributed by atoms with E-state index in [1.807, 2.05) is 18.2 Å². The normalized spacial score (nSPS) is 17.0. The van der Waals surface area contributed by atoms with Crippen LogP contribution in [0.5, 0.6) is 11.5 Å². The Bertz CT molecular complexity index is 728. The van der Waals surface area contributed by atoms with Crippen LogP contribution < -0.4 is 14.8 Å². The Labute approximate surface area is 140 Å². The molecule has 2 amide bonds. The predicted octanol–water partition coefficient (Wildman–Crippen LogP) is 3.37. The zero-order chi connectivity index (χ0) is 17.1. The second-order valence-corrected chi connectivity index (χ2v) is 5.71. The largest absolute Gasteiger partial charge is 0.497 e. The van der Waals surface area contributed by atoms with Crippen LogP contribution in [0.4, 0.5) is 10.6 Å². The fourth-order valence-electron chi connectivity index (χ4n) is 3.03. The molecule has 0 spiro atoms. The van der Waals surface area contributed by atoms with E-state index in [9.17, 15) is 4.79 Å². The lowest BCUT2D eigenvalue weighted by Gasteiger charge is -2.26. The van der Waals surface area contributed by atoms with Gasteiger partial charge >= 0.3 is 6.03 Å². The highest BCUT2D eigenvalue weighted by molar-refractivity contribution is 5.88. The zero-order valence-electron chi connectivity index (χ0n) is 14.0. The first-order valence-corrected chi connectivity index (χ1v) is 7.85. The summed E-state index contributed by atoms with van der Waals surface area (Å²) in [6.45, 7) is 2.46. The van der Waals surface area contributed by atoms with Gasteiger partial charge in [0.25, 0.3) is 0 Å². The molecule has 1 saturated heterocycles. The molecule has 1 aliphatic heterocycles. The number of amides is 2. The van der Waals surface area contributed by atoms with E-state index in [4.69, 9.17) is 14.0 Å². The van der Waals surface area contributed by atoms with Gasteiger partial charge in [-0.05, 0) is 31.9 Å². The number of carbonyl (C=O) groups is 1. The quantitative estimate of drug-likeness (QED) is 0.929. The highest BCUT2D eigenvalue weighted by Gasteiger charge is 2.32. The smallest absolute Gasteiger partial charge is 0.323 e. The molecule has 0 bridgehead atoms. The molecule has 1 unspecified atom stereocenters. The van der Waals surface area contributed by atoms with Gasteiger partial charge in [-0.3, -0.25) is 5.32 Å². The maximum Gasteiger partial charge on any atom is 0.323 e. The molecule has 7 nitrogen and oxygen atoms in total. The van der Waals surface area contributed by atoms with Crippen molar-refractivity contribution in [2.24, 2.45) is 0 Å². The number of hydrogen-bond donors (Lipinski definition) is 1. The van der Waals surface area contributed by atoms with E-state index in [1.165, 1.54) is 0 Å². The van der Waals surface area contributed by atoms with E-state index < -0.39 is 0 Å². The zero-order valence-corrected chi connectivity index (χ0v) is 14.0. The number of aromatic nitrogens is 1. The van der Waals surface area contributed by atoms with Gasteiger partial charge in [-0.25, -0.2) is 4.79 Å². The van der Waals surface area contributed by atoms with Crippen molar-refractivity contribution in [2.45, 2.75) is 25.8 Å². The Hall–Kier alpha value is -2.70. The summed E-state index contributed by atoms with van der Waals surface area (Å²) in [6, 6.07) is 7.13. The molecule has 1 aromatic carbocycles. The number of likely N-dealkylation sites (tertiary alicyclic amines) is 1. The van der Waals surface area contributed by atoms with Gasteiger partial charge in [0.1, 0.15) is 17.3 Å². The molecule has 3 rings (SSSR count). The number of hydrogen-bond acceptors (Lipinski definition) is 5. The van der Waals surface area contributed by atoms with Crippen molar-refractivity contribution in [3.8, 4) is 11.5 Å². The maximum atomic E-state index is 12.6. The lowest BCUT2D eigenvalue weighted by molar-refractivity contribution is 0.206. The van der Waals surface area contributed by atoms with Crippen LogP contribution in [0.15, 0.2) is 28.8 Å².